The molecule has 6 heteroatoms. The SMILES string of the molecule is CC(=O)N(C#N)C/C=C\CN(C#N)C(C)=O. The molecule has 0 spiro atoms. The van der Waals surface area contributed by atoms with E-state index in [0.717, 1.165) is 9.80 Å². The molecule has 0 aliphatic carbocycles. The molecule has 0 heterocycles. The molecule has 0 unspecified atom stereocenters. The Labute approximate surface area is 94.0 Å². The van der Waals surface area contributed by atoms with Crippen LogP contribution in [0, 0.1) is 22.9 Å². The van der Waals surface area contributed by atoms with Crippen molar-refractivity contribution in [1.29, 1.82) is 10.5 Å². The summed E-state index contributed by atoms with van der Waals surface area (Å²) in [4.78, 5) is 23.6. The van der Waals surface area contributed by atoms with Gasteiger partial charge in [-0.25, -0.2) is 9.80 Å². The Morgan fingerprint density at radius 1 is 1.00 bits per heavy atom. The van der Waals surface area contributed by atoms with Crippen molar-refractivity contribution in [1.82, 2.24) is 9.80 Å². The molecule has 6 nitrogen and oxygen atoms in total. The standard InChI is InChI=1S/C10H12N4O2/c1-9(15)13(7-11)5-3-4-6-14(8-12)10(2)16/h3-4H,5-6H2,1-2H3/b4-3-. The van der Waals surface area contributed by atoms with Crippen molar-refractivity contribution in [2.45, 2.75) is 13.8 Å². The molecule has 0 aromatic rings. The predicted octanol–water partition coefficient (Wildman–Crippen LogP) is 0.202. The maximum absolute atomic E-state index is 10.8. The van der Waals surface area contributed by atoms with E-state index in [2.05, 4.69) is 0 Å². The predicted molar refractivity (Wildman–Crippen MR) is 55.1 cm³/mol. The maximum atomic E-state index is 10.8. The number of amides is 2. The summed E-state index contributed by atoms with van der Waals surface area (Å²) < 4.78 is 0. The fraction of sp³-hybridized carbons (Fsp3) is 0.400. The van der Waals surface area contributed by atoms with Crippen LogP contribution < -0.4 is 0 Å². The molecule has 0 aromatic carbocycles. The smallest absolute Gasteiger partial charge is 0.232 e. The summed E-state index contributed by atoms with van der Waals surface area (Å²) in [7, 11) is 0. The summed E-state index contributed by atoms with van der Waals surface area (Å²) in [5.74, 6) is -0.702. The van der Waals surface area contributed by atoms with E-state index in [1.54, 1.807) is 24.5 Å². The van der Waals surface area contributed by atoms with Crippen molar-refractivity contribution < 1.29 is 9.59 Å². The van der Waals surface area contributed by atoms with Crippen LogP contribution in [-0.4, -0.2) is 34.7 Å². The molecule has 0 saturated carbocycles. The first-order valence-corrected chi connectivity index (χ1v) is 4.53. The molecule has 16 heavy (non-hydrogen) atoms. The van der Waals surface area contributed by atoms with E-state index in [4.69, 9.17) is 10.5 Å². The van der Waals surface area contributed by atoms with Gasteiger partial charge in [0.2, 0.25) is 11.8 Å². The van der Waals surface area contributed by atoms with Crippen molar-refractivity contribution >= 4 is 11.8 Å². The van der Waals surface area contributed by atoms with Gasteiger partial charge < -0.3 is 0 Å². The lowest BCUT2D eigenvalue weighted by Crippen LogP contribution is -2.25. The van der Waals surface area contributed by atoms with Crippen LogP contribution in [0.5, 0.6) is 0 Å². The molecule has 0 atom stereocenters. The molecule has 0 rings (SSSR count). The molecule has 0 aromatic heterocycles. The topological polar surface area (TPSA) is 88.2 Å². The number of nitrogens with zero attached hydrogens (tertiary/aromatic N) is 4. The van der Waals surface area contributed by atoms with Crippen molar-refractivity contribution in [3.8, 4) is 12.4 Å². The number of nitriles is 2. The van der Waals surface area contributed by atoms with Crippen molar-refractivity contribution in [3.05, 3.63) is 12.2 Å². The molecule has 2 amide bonds. The van der Waals surface area contributed by atoms with E-state index in [1.165, 1.54) is 13.8 Å². The first-order chi connectivity index (χ1) is 7.52. The summed E-state index contributed by atoms with van der Waals surface area (Å²) in [5, 5.41) is 17.1. The van der Waals surface area contributed by atoms with Gasteiger partial charge in [-0.05, 0) is 0 Å². The number of hydrogen-bond acceptors (Lipinski definition) is 4. The summed E-state index contributed by atoms with van der Waals surface area (Å²) >= 11 is 0. The lowest BCUT2D eigenvalue weighted by molar-refractivity contribution is -0.126. The van der Waals surface area contributed by atoms with Crippen molar-refractivity contribution in [3.63, 3.8) is 0 Å². The molecular formula is C10H12N4O2. The molecule has 0 saturated heterocycles. The highest BCUT2D eigenvalue weighted by molar-refractivity contribution is 5.75. The summed E-state index contributed by atoms with van der Waals surface area (Å²) in [6.07, 6.45) is 6.53. The summed E-state index contributed by atoms with van der Waals surface area (Å²) in [6, 6.07) is 0. The van der Waals surface area contributed by atoms with E-state index in [1.807, 2.05) is 0 Å². The molecule has 0 bridgehead atoms. The lowest BCUT2D eigenvalue weighted by atomic mass is 10.4. The quantitative estimate of drug-likeness (QED) is 0.384. The second-order valence-electron chi connectivity index (χ2n) is 2.93. The van der Waals surface area contributed by atoms with Crippen LogP contribution >= 0.6 is 0 Å². The zero-order valence-electron chi connectivity index (χ0n) is 9.17. The second-order valence-corrected chi connectivity index (χ2v) is 2.93. The first-order valence-electron chi connectivity index (χ1n) is 4.53. The van der Waals surface area contributed by atoms with E-state index in [-0.39, 0.29) is 24.9 Å². The normalized spacial score (nSPS) is 9.25. The van der Waals surface area contributed by atoms with Gasteiger partial charge in [-0.2, -0.15) is 10.5 Å². The van der Waals surface area contributed by atoms with Crippen LogP contribution in [0.15, 0.2) is 12.2 Å². The van der Waals surface area contributed by atoms with Crippen LogP contribution in [-0.2, 0) is 9.59 Å². The zero-order valence-corrected chi connectivity index (χ0v) is 9.17. The second kappa shape index (κ2) is 7.02. The van der Waals surface area contributed by atoms with Gasteiger partial charge in [-0.1, -0.05) is 12.2 Å². The molecule has 0 fully saturated rings. The highest BCUT2D eigenvalue weighted by Crippen LogP contribution is 1.90. The monoisotopic (exact) mass is 220 g/mol. The molecule has 84 valence electrons. The Kier molecular flexibility index (Phi) is 5.99. The van der Waals surface area contributed by atoms with E-state index >= 15 is 0 Å². The minimum absolute atomic E-state index is 0.142. The summed E-state index contributed by atoms with van der Waals surface area (Å²) in [6.45, 7) is 2.86. The largest absolute Gasteiger partial charge is 0.274 e. The lowest BCUT2D eigenvalue weighted by Gasteiger charge is -2.08. The number of hydrogen-bond donors (Lipinski definition) is 0. The number of carbonyl (C=O) groups excluding carboxylic acids is 2. The van der Waals surface area contributed by atoms with Gasteiger partial charge in [0.05, 0.1) is 13.1 Å². The fourth-order valence-electron chi connectivity index (χ4n) is 0.839. The fourth-order valence-corrected chi connectivity index (χ4v) is 0.839. The van der Waals surface area contributed by atoms with E-state index in [0.29, 0.717) is 0 Å². The minimum atomic E-state index is -0.351. The Bertz CT molecular complexity index is 339. The van der Waals surface area contributed by atoms with Crippen molar-refractivity contribution in [2.75, 3.05) is 13.1 Å². The molecular weight excluding hydrogens is 208 g/mol. The van der Waals surface area contributed by atoms with E-state index in [9.17, 15) is 9.59 Å². The van der Waals surface area contributed by atoms with Gasteiger partial charge in [0, 0.05) is 13.8 Å². The van der Waals surface area contributed by atoms with Gasteiger partial charge >= 0.3 is 0 Å². The van der Waals surface area contributed by atoms with Crippen molar-refractivity contribution in [2.24, 2.45) is 0 Å². The maximum Gasteiger partial charge on any atom is 0.232 e. The highest BCUT2D eigenvalue weighted by atomic mass is 16.2. The third kappa shape index (κ3) is 4.77. The van der Waals surface area contributed by atoms with Crippen LogP contribution in [0.4, 0.5) is 0 Å². The number of carbonyl (C=O) groups is 2. The Morgan fingerprint density at radius 3 is 1.50 bits per heavy atom. The summed E-state index contributed by atoms with van der Waals surface area (Å²) in [5.41, 5.74) is 0. The highest BCUT2D eigenvalue weighted by Gasteiger charge is 2.05. The van der Waals surface area contributed by atoms with Crippen LogP contribution in [0.2, 0.25) is 0 Å². The van der Waals surface area contributed by atoms with Crippen LogP contribution in [0.25, 0.3) is 0 Å². The van der Waals surface area contributed by atoms with Gasteiger partial charge in [0.1, 0.15) is 0 Å². The third-order valence-electron chi connectivity index (χ3n) is 1.74. The van der Waals surface area contributed by atoms with Crippen LogP contribution in [0.3, 0.4) is 0 Å². The van der Waals surface area contributed by atoms with Gasteiger partial charge in [0.25, 0.3) is 0 Å². The minimum Gasteiger partial charge on any atom is -0.274 e. The zero-order chi connectivity index (χ0) is 12.6. The number of rotatable bonds is 4. The van der Waals surface area contributed by atoms with Gasteiger partial charge in [-0.15, -0.1) is 0 Å². The Hall–Kier alpha value is -2.34. The molecule has 0 N–H and O–H groups in total. The first kappa shape index (κ1) is 13.7. The Balaban J connectivity index is 4.14. The molecule has 0 aliphatic rings. The molecule has 0 aliphatic heterocycles. The van der Waals surface area contributed by atoms with Gasteiger partial charge in [-0.3, -0.25) is 9.59 Å². The Morgan fingerprint density at radius 2 is 1.31 bits per heavy atom. The molecule has 0 radical (unpaired) electrons. The van der Waals surface area contributed by atoms with Gasteiger partial charge in [0.15, 0.2) is 12.4 Å². The average Bonchev–Trinajstić information content (AvgIpc) is 2.22. The third-order valence-corrected chi connectivity index (χ3v) is 1.74. The van der Waals surface area contributed by atoms with Crippen LogP contribution in [0.1, 0.15) is 13.8 Å². The average molecular weight is 220 g/mol. The van der Waals surface area contributed by atoms with E-state index < -0.39 is 0 Å².